The second-order valence-corrected chi connectivity index (χ2v) is 6.86. The summed E-state index contributed by atoms with van der Waals surface area (Å²) in [4.78, 5) is 14.5. The molecule has 21 heavy (non-hydrogen) atoms. The Labute approximate surface area is 130 Å². The molecule has 0 saturated carbocycles. The van der Waals surface area contributed by atoms with Gasteiger partial charge in [-0.15, -0.1) is 0 Å². The molecule has 0 radical (unpaired) electrons. The van der Waals surface area contributed by atoms with Gasteiger partial charge in [0, 0.05) is 30.2 Å². The van der Waals surface area contributed by atoms with Crippen LogP contribution in [-0.2, 0) is 4.79 Å². The standard InChI is InChI=1S/C16H21ClN2O2/c1-16(2)14-8-18-7-11(14)9-19(16)15(20)10-21-13-5-3-12(17)4-6-13/h3-6,11,14,18H,7-10H2,1-2H3. The van der Waals surface area contributed by atoms with E-state index in [0.29, 0.717) is 22.6 Å². The lowest BCUT2D eigenvalue weighted by molar-refractivity contribution is -0.137. The monoisotopic (exact) mass is 308 g/mol. The van der Waals surface area contributed by atoms with Crippen LogP contribution < -0.4 is 10.1 Å². The minimum atomic E-state index is -0.103. The summed E-state index contributed by atoms with van der Waals surface area (Å²) in [6, 6.07) is 7.08. The van der Waals surface area contributed by atoms with Crippen molar-refractivity contribution in [2.45, 2.75) is 19.4 Å². The molecule has 0 spiro atoms. The number of halogens is 1. The molecule has 3 rings (SSSR count). The van der Waals surface area contributed by atoms with E-state index >= 15 is 0 Å². The van der Waals surface area contributed by atoms with Gasteiger partial charge in [-0.2, -0.15) is 0 Å². The van der Waals surface area contributed by atoms with Gasteiger partial charge in [-0.3, -0.25) is 4.79 Å². The first-order valence-electron chi connectivity index (χ1n) is 7.38. The second kappa shape index (κ2) is 5.50. The molecule has 2 heterocycles. The van der Waals surface area contributed by atoms with E-state index in [1.165, 1.54) is 0 Å². The summed E-state index contributed by atoms with van der Waals surface area (Å²) in [6.45, 7) is 7.23. The van der Waals surface area contributed by atoms with E-state index in [0.717, 1.165) is 19.6 Å². The van der Waals surface area contributed by atoms with Crippen LogP contribution in [0.15, 0.2) is 24.3 Å². The predicted molar refractivity (Wildman–Crippen MR) is 82.6 cm³/mol. The number of ether oxygens (including phenoxy) is 1. The number of amides is 1. The van der Waals surface area contributed by atoms with Gasteiger partial charge >= 0.3 is 0 Å². The lowest BCUT2D eigenvalue weighted by Crippen LogP contribution is -2.49. The lowest BCUT2D eigenvalue weighted by Gasteiger charge is -2.35. The van der Waals surface area contributed by atoms with Crippen molar-refractivity contribution in [1.29, 1.82) is 0 Å². The minimum absolute atomic E-state index is 0.0596. The first kappa shape index (κ1) is 14.7. The molecule has 2 saturated heterocycles. The first-order chi connectivity index (χ1) is 9.98. The predicted octanol–water partition coefficient (Wildman–Crippen LogP) is 2.18. The molecule has 0 aromatic heterocycles. The molecule has 0 aliphatic carbocycles. The molecular weight excluding hydrogens is 288 g/mol. The number of rotatable bonds is 3. The maximum Gasteiger partial charge on any atom is 0.260 e. The molecule has 1 amide bonds. The van der Waals surface area contributed by atoms with Gasteiger partial charge in [-0.05, 0) is 49.9 Å². The van der Waals surface area contributed by atoms with Crippen molar-refractivity contribution in [2.24, 2.45) is 11.8 Å². The summed E-state index contributed by atoms with van der Waals surface area (Å²) in [5, 5.41) is 4.08. The van der Waals surface area contributed by atoms with Gasteiger partial charge in [-0.1, -0.05) is 11.6 Å². The number of nitrogens with zero attached hydrogens (tertiary/aromatic N) is 1. The SMILES string of the molecule is CC1(C)C2CNCC2CN1C(=O)COc1ccc(Cl)cc1. The van der Waals surface area contributed by atoms with Gasteiger partial charge in [0.15, 0.2) is 6.61 Å². The Balaban J connectivity index is 1.62. The fourth-order valence-corrected chi connectivity index (χ4v) is 3.72. The van der Waals surface area contributed by atoms with Gasteiger partial charge < -0.3 is 15.0 Å². The molecule has 5 heteroatoms. The molecule has 1 aromatic rings. The molecule has 2 aliphatic rings. The molecule has 2 atom stereocenters. The highest BCUT2D eigenvalue weighted by molar-refractivity contribution is 6.30. The van der Waals surface area contributed by atoms with E-state index in [1.54, 1.807) is 24.3 Å². The van der Waals surface area contributed by atoms with Crippen LogP contribution in [0, 0.1) is 11.8 Å². The van der Waals surface area contributed by atoms with Crippen molar-refractivity contribution in [3.63, 3.8) is 0 Å². The van der Waals surface area contributed by atoms with Gasteiger partial charge in [-0.25, -0.2) is 0 Å². The van der Waals surface area contributed by atoms with Crippen LogP contribution in [0.25, 0.3) is 0 Å². The number of carbonyl (C=O) groups is 1. The van der Waals surface area contributed by atoms with Crippen LogP contribution in [0.4, 0.5) is 0 Å². The Bertz CT molecular complexity index is 530. The number of likely N-dealkylation sites (tertiary alicyclic amines) is 1. The lowest BCUT2D eigenvalue weighted by atomic mass is 9.85. The van der Waals surface area contributed by atoms with Crippen molar-refractivity contribution in [2.75, 3.05) is 26.2 Å². The third-order valence-corrected chi connectivity index (χ3v) is 5.09. The number of nitrogens with one attached hydrogen (secondary N) is 1. The largest absolute Gasteiger partial charge is 0.484 e. The van der Waals surface area contributed by atoms with Crippen molar-refractivity contribution in [3.8, 4) is 5.75 Å². The van der Waals surface area contributed by atoms with E-state index in [2.05, 4.69) is 19.2 Å². The Morgan fingerprint density at radius 1 is 1.38 bits per heavy atom. The Morgan fingerprint density at radius 3 is 2.76 bits per heavy atom. The number of carbonyl (C=O) groups excluding carboxylic acids is 1. The van der Waals surface area contributed by atoms with Crippen LogP contribution in [0.1, 0.15) is 13.8 Å². The van der Waals surface area contributed by atoms with Gasteiger partial charge in [0.05, 0.1) is 0 Å². The fraction of sp³-hybridized carbons (Fsp3) is 0.562. The van der Waals surface area contributed by atoms with E-state index in [-0.39, 0.29) is 18.1 Å². The maximum atomic E-state index is 12.5. The third-order valence-electron chi connectivity index (χ3n) is 4.84. The summed E-state index contributed by atoms with van der Waals surface area (Å²) in [5.41, 5.74) is -0.103. The average Bonchev–Trinajstić information content (AvgIpc) is 3.00. The number of fused-ring (bicyclic) bond motifs is 1. The van der Waals surface area contributed by atoms with Gasteiger partial charge in [0.25, 0.3) is 5.91 Å². The molecule has 2 fully saturated rings. The average molecular weight is 309 g/mol. The number of benzene rings is 1. The third kappa shape index (κ3) is 2.74. The van der Waals surface area contributed by atoms with Crippen LogP contribution in [0.5, 0.6) is 5.75 Å². The van der Waals surface area contributed by atoms with E-state index in [1.807, 2.05) is 4.90 Å². The highest BCUT2D eigenvalue weighted by Gasteiger charge is 2.51. The zero-order valence-electron chi connectivity index (χ0n) is 12.4. The van der Waals surface area contributed by atoms with Crippen molar-refractivity contribution in [3.05, 3.63) is 29.3 Å². The summed E-state index contributed by atoms with van der Waals surface area (Å²) >= 11 is 5.83. The molecule has 0 bridgehead atoms. The highest BCUT2D eigenvalue weighted by Crippen LogP contribution is 2.40. The Hall–Kier alpha value is -1.26. The normalized spacial score (nSPS) is 26.7. The van der Waals surface area contributed by atoms with E-state index in [4.69, 9.17) is 16.3 Å². The van der Waals surface area contributed by atoms with Gasteiger partial charge in [0.2, 0.25) is 0 Å². The number of hydrogen-bond acceptors (Lipinski definition) is 3. The molecule has 114 valence electrons. The summed E-state index contributed by atoms with van der Waals surface area (Å²) < 4.78 is 5.59. The van der Waals surface area contributed by atoms with Crippen molar-refractivity contribution in [1.82, 2.24) is 10.2 Å². The van der Waals surface area contributed by atoms with Crippen LogP contribution >= 0.6 is 11.6 Å². The second-order valence-electron chi connectivity index (χ2n) is 6.43. The van der Waals surface area contributed by atoms with E-state index in [9.17, 15) is 4.79 Å². The fourth-order valence-electron chi connectivity index (χ4n) is 3.60. The van der Waals surface area contributed by atoms with E-state index < -0.39 is 0 Å². The zero-order chi connectivity index (χ0) is 15.0. The molecule has 1 aromatic carbocycles. The Morgan fingerprint density at radius 2 is 2.10 bits per heavy atom. The summed E-state index contributed by atoms with van der Waals surface area (Å²) in [7, 11) is 0. The van der Waals surface area contributed by atoms with Crippen LogP contribution in [-0.4, -0.2) is 42.6 Å². The summed E-state index contributed by atoms with van der Waals surface area (Å²) in [6.07, 6.45) is 0. The van der Waals surface area contributed by atoms with Crippen molar-refractivity contribution >= 4 is 17.5 Å². The topological polar surface area (TPSA) is 41.6 Å². The Kier molecular flexibility index (Phi) is 3.84. The molecule has 2 aliphatic heterocycles. The number of hydrogen-bond donors (Lipinski definition) is 1. The van der Waals surface area contributed by atoms with Crippen LogP contribution in [0.3, 0.4) is 0 Å². The zero-order valence-corrected chi connectivity index (χ0v) is 13.2. The van der Waals surface area contributed by atoms with Gasteiger partial charge in [0.1, 0.15) is 5.75 Å². The highest BCUT2D eigenvalue weighted by atomic mass is 35.5. The molecule has 2 unspecified atom stereocenters. The molecule has 1 N–H and O–H groups in total. The quantitative estimate of drug-likeness (QED) is 0.930. The smallest absolute Gasteiger partial charge is 0.260 e. The van der Waals surface area contributed by atoms with Crippen molar-refractivity contribution < 1.29 is 9.53 Å². The maximum absolute atomic E-state index is 12.5. The van der Waals surface area contributed by atoms with Crippen LogP contribution in [0.2, 0.25) is 5.02 Å². The molecular formula is C16H21ClN2O2. The summed E-state index contributed by atoms with van der Waals surface area (Å²) in [5.74, 6) is 1.84. The molecule has 4 nitrogen and oxygen atoms in total. The minimum Gasteiger partial charge on any atom is -0.484 e. The first-order valence-corrected chi connectivity index (χ1v) is 7.76.